The molecule has 0 amide bonds. The van der Waals surface area contributed by atoms with Gasteiger partial charge in [0.05, 0.1) is 5.92 Å². The van der Waals surface area contributed by atoms with Gasteiger partial charge in [-0.3, -0.25) is 9.69 Å². The SMILES string of the molecule is Cc1ccc(CN2CC(C(=O)O)CC2(C)C)cc1. The van der Waals surface area contributed by atoms with Crippen LogP contribution in [-0.2, 0) is 11.3 Å². The first-order valence-electron chi connectivity index (χ1n) is 6.42. The number of carbonyl (C=O) groups is 1. The van der Waals surface area contributed by atoms with Crippen molar-refractivity contribution in [3.05, 3.63) is 35.4 Å². The Hall–Kier alpha value is -1.35. The van der Waals surface area contributed by atoms with Crippen LogP contribution >= 0.6 is 0 Å². The van der Waals surface area contributed by atoms with Gasteiger partial charge in [-0.2, -0.15) is 0 Å². The molecule has 1 aliphatic rings. The predicted octanol–water partition coefficient (Wildman–Crippen LogP) is 2.68. The lowest BCUT2D eigenvalue weighted by Crippen LogP contribution is -2.37. The molecule has 0 saturated carbocycles. The van der Waals surface area contributed by atoms with Crippen LogP contribution in [0.4, 0.5) is 0 Å². The molecule has 1 unspecified atom stereocenters. The van der Waals surface area contributed by atoms with Gasteiger partial charge in [0.1, 0.15) is 0 Å². The maximum absolute atomic E-state index is 11.1. The van der Waals surface area contributed by atoms with E-state index in [1.807, 2.05) is 0 Å². The monoisotopic (exact) mass is 247 g/mol. The zero-order valence-electron chi connectivity index (χ0n) is 11.3. The molecule has 2 rings (SSSR count). The lowest BCUT2D eigenvalue weighted by Gasteiger charge is -2.31. The van der Waals surface area contributed by atoms with Crippen molar-refractivity contribution >= 4 is 5.97 Å². The fraction of sp³-hybridized carbons (Fsp3) is 0.533. The number of benzene rings is 1. The molecular formula is C15H21NO2. The van der Waals surface area contributed by atoms with E-state index in [0.29, 0.717) is 6.54 Å². The van der Waals surface area contributed by atoms with E-state index in [1.165, 1.54) is 11.1 Å². The van der Waals surface area contributed by atoms with Crippen molar-refractivity contribution in [3.8, 4) is 0 Å². The molecule has 0 aliphatic carbocycles. The first kappa shape index (κ1) is 13.1. The highest BCUT2D eigenvalue weighted by atomic mass is 16.4. The summed E-state index contributed by atoms with van der Waals surface area (Å²) in [6.45, 7) is 7.81. The molecule has 1 heterocycles. The fourth-order valence-corrected chi connectivity index (χ4v) is 2.67. The highest BCUT2D eigenvalue weighted by molar-refractivity contribution is 5.71. The number of aliphatic carboxylic acids is 1. The van der Waals surface area contributed by atoms with Gasteiger partial charge in [-0.25, -0.2) is 0 Å². The number of carboxylic acid groups (broad SMARTS) is 1. The van der Waals surface area contributed by atoms with E-state index in [4.69, 9.17) is 5.11 Å². The first-order chi connectivity index (χ1) is 8.38. The molecule has 1 N–H and O–H groups in total. The standard InChI is InChI=1S/C15H21NO2/c1-11-4-6-12(7-5-11)9-16-10-13(14(17)18)8-15(16,2)3/h4-7,13H,8-10H2,1-3H3,(H,17,18). The lowest BCUT2D eigenvalue weighted by molar-refractivity contribution is -0.141. The van der Waals surface area contributed by atoms with Crippen LogP contribution in [0.15, 0.2) is 24.3 Å². The van der Waals surface area contributed by atoms with E-state index in [-0.39, 0.29) is 11.5 Å². The molecular weight excluding hydrogens is 226 g/mol. The number of aryl methyl sites for hydroxylation is 1. The lowest BCUT2D eigenvalue weighted by atomic mass is 9.96. The molecule has 1 aromatic rings. The molecule has 1 saturated heterocycles. The molecule has 98 valence electrons. The van der Waals surface area contributed by atoms with Crippen LogP contribution in [0.5, 0.6) is 0 Å². The normalized spacial score (nSPS) is 23.2. The van der Waals surface area contributed by atoms with Gasteiger partial charge in [0.2, 0.25) is 0 Å². The van der Waals surface area contributed by atoms with Crippen LogP contribution in [-0.4, -0.2) is 28.1 Å². The summed E-state index contributed by atoms with van der Waals surface area (Å²) in [4.78, 5) is 13.4. The van der Waals surface area contributed by atoms with Gasteiger partial charge in [-0.15, -0.1) is 0 Å². The minimum Gasteiger partial charge on any atom is -0.481 e. The summed E-state index contributed by atoms with van der Waals surface area (Å²) in [7, 11) is 0. The minimum absolute atomic E-state index is 0.0338. The second-order valence-corrected chi connectivity index (χ2v) is 5.92. The van der Waals surface area contributed by atoms with Crippen LogP contribution in [0, 0.1) is 12.8 Å². The number of likely N-dealkylation sites (tertiary alicyclic amines) is 1. The molecule has 1 aliphatic heterocycles. The Balaban J connectivity index is 2.09. The van der Waals surface area contributed by atoms with E-state index < -0.39 is 5.97 Å². The Kier molecular flexibility index (Phi) is 3.44. The minimum atomic E-state index is -0.672. The molecule has 0 spiro atoms. The van der Waals surface area contributed by atoms with Gasteiger partial charge in [0, 0.05) is 18.6 Å². The molecule has 0 radical (unpaired) electrons. The summed E-state index contributed by atoms with van der Waals surface area (Å²) >= 11 is 0. The predicted molar refractivity (Wildman–Crippen MR) is 71.4 cm³/mol. The van der Waals surface area contributed by atoms with Crippen molar-refractivity contribution in [2.24, 2.45) is 5.92 Å². The third-order valence-electron chi connectivity index (χ3n) is 3.89. The quantitative estimate of drug-likeness (QED) is 0.892. The van der Waals surface area contributed by atoms with Crippen LogP contribution < -0.4 is 0 Å². The van der Waals surface area contributed by atoms with E-state index in [1.54, 1.807) is 0 Å². The third-order valence-corrected chi connectivity index (χ3v) is 3.89. The average molecular weight is 247 g/mol. The molecule has 1 aromatic carbocycles. The molecule has 1 fully saturated rings. The number of hydrogen-bond donors (Lipinski definition) is 1. The Morgan fingerprint density at radius 3 is 2.50 bits per heavy atom. The zero-order valence-corrected chi connectivity index (χ0v) is 11.3. The van der Waals surface area contributed by atoms with Gasteiger partial charge >= 0.3 is 5.97 Å². The average Bonchev–Trinajstić information content (AvgIpc) is 2.58. The van der Waals surface area contributed by atoms with Gasteiger partial charge in [-0.05, 0) is 32.8 Å². The Bertz CT molecular complexity index is 436. The van der Waals surface area contributed by atoms with E-state index >= 15 is 0 Å². The van der Waals surface area contributed by atoms with Gasteiger partial charge in [-0.1, -0.05) is 29.8 Å². The van der Waals surface area contributed by atoms with Crippen molar-refractivity contribution in [2.75, 3.05) is 6.54 Å². The van der Waals surface area contributed by atoms with Crippen molar-refractivity contribution in [2.45, 2.75) is 39.3 Å². The van der Waals surface area contributed by atoms with E-state index in [9.17, 15) is 4.79 Å². The summed E-state index contributed by atoms with van der Waals surface area (Å²) in [5.74, 6) is -0.903. The van der Waals surface area contributed by atoms with Gasteiger partial charge in [0.25, 0.3) is 0 Å². The van der Waals surface area contributed by atoms with E-state index in [2.05, 4.69) is 49.9 Å². The Labute approximate surface area is 108 Å². The fourth-order valence-electron chi connectivity index (χ4n) is 2.67. The summed E-state index contributed by atoms with van der Waals surface area (Å²) in [5, 5.41) is 9.14. The molecule has 18 heavy (non-hydrogen) atoms. The second-order valence-electron chi connectivity index (χ2n) is 5.92. The van der Waals surface area contributed by atoms with Crippen LogP contribution in [0.1, 0.15) is 31.4 Å². The smallest absolute Gasteiger partial charge is 0.307 e. The van der Waals surface area contributed by atoms with Gasteiger partial charge in [0.15, 0.2) is 0 Å². The topological polar surface area (TPSA) is 40.5 Å². The molecule has 1 atom stereocenters. The van der Waals surface area contributed by atoms with Crippen molar-refractivity contribution in [3.63, 3.8) is 0 Å². The summed E-state index contributed by atoms with van der Waals surface area (Å²) < 4.78 is 0. The van der Waals surface area contributed by atoms with Crippen LogP contribution in [0.25, 0.3) is 0 Å². The Morgan fingerprint density at radius 2 is 2.00 bits per heavy atom. The number of hydrogen-bond acceptors (Lipinski definition) is 2. The molecule has 0 bridgehead atoms. The Morgan fingerprint density at radius 1 is 1.39 bits per heavy atom. The van der Waals surface area contributed by atoms with Crippen molar-refractivity contribution in [1.29, 1.82) is 0 Å². The third kappa shape index (κ3) is 2.72. The summed E-state index contributed by atoms with van der Waals surface area (Å²) in [5.41, 5.74) is 2.47. The zero-order chi connectivity index (χ0) is 13.3. The van der Waals surface area contributed by atoms with Gasteiger partial charge < -0.3 is 5.11 Å². The molecule has 3 nitrogen and oxygen atoms in total. The number of nitrogens with zero attached hydrogens (tertiary/aromatic N) is 1. The molecule has 3 heteroatoms. The first-order valence-corrected chi connectivity index (χ1v) is 6.42. The van der Waals surface area contributed by atoms with Crippen LogP contribution in [0.2, 0.25) is 0 Å². The summed E-state index contributed by atoms with van der Waals surface area (Å²) in [6, 6.07) is 8.46. The van der Waals surface area contributed by atoms with Crippen molar-refractivity contribution in [1.82, 2.24) is 4.90 Å². The highest BCUT2D eigenvalue weighted by Crippen LogP contribution is 2.33. The van der Waals surface area contributed by atoms with Crippen LogP contribution in [0.3, 0.4) is 0 Å². The van der Waals surface area contributed by atoms with Crippen molar-refractivity contribution < 1.29 is 9.90 Å². The highest BCUT2D eigenvalue weighted by Gasteiger charge is 2.41. The van der Waals surface area contributed by atoms with E-state index in [0.717, 1.165) is 13.0 Å². The second kappa shape index (κ2) is 4.73. The summed E-state index contributed by atoms with van der Waals surface area (Å²) in [6.07, 6.45) is 0.730. The number of rotatable bonds is 3. The number of carboxylic acids is 1. The maximum Gasteiger partial charge on any atom is 0.307 e. The largest absolute Gasteiger partial charge is 0.481 e. The molecule has 0 aromatic heterocycles. The maximum atomic E-state index is 11.1.